The second-order valence-electron chi connectivity index (χ2n) is 11.1. The van der Waals surface area contributed by atoms with E-state index in [0.29, 0.717) is 12.6 Å². The van der Waals surface area contributed by atoms with Gasteiger partial charge in [0.1, 0.15) is 0 Å². The molecule has 0 heterocycles. The van der Waals surface area contributed by atoms with Gasteiger partial charge in [-0.2, -0.15) is 0 Å². The first-order valence-electron chi connectivity index (χ1n) is 15.2. The van der Waals surface area contributed by atoms with Crippen molar-refractivity contribution in [2.75, 3.05) is 65.8 Å². The zero-order chi connectivity index (χ0) is 30.5. The molecule has 0 saturated heterocycles. The fourth-order valence-electron chi connectivity index (χ4n) is 4.86. The van der Waals surface area contributed by atoms with Crippen LogP contribution in [0.3, 0.4) is 0 Å². The van der Waals surface area contributed by atoms with Crippen molar-refractivity contribution < 1.29 is 43.2 Å². The lowest BCUT2D eigenvalue weighted by molar-refractivity contribution is -0.148. The van der Waals surface area contributed by atoms with Crippen LogP contribution in [0.5, 0.6) is 0 Å². The highest BCUT2D eigenvalue weighted by molar-refractivity contribution is 5.67. The number of rotatable bonds is 24. The van der Waals surface area contributed by atoms with Crippen LogP contribution in [0.15, 0.2) is 0 Å². The summed E-state index contributed by atoms with van der Waals surface area (Å²) >= 11 is 0. The van der Waals surface area contributed by atoms with Gasteiger partial charge in [-0.1, -0.05) is 19.3 Å². The van der Waals surface area contributed by atoms with Crippen molar-refractivity contribution >= 4 is 23.9 Å². The number of hydrogen-bond acceptors (Lipinski definition) is 11. The molecule has 1 N–H and O–H groups in total. The summed E-state index contributed by atoms with van der Waals surface area (Å²) in [6.07, 6.45) is 9.12. The van der Waals surface area contributed by atoms with E-state index in [9.17, 15) is 24.3 Å². The summed E-state index contributed by atoms with van der Waals surface area (Å²) in [6.45, 7) is 10.9. The second-order valence-corrected chi connectivity index (χ2v) is 11.1. The van der Waals surface area contributed by atoms with Crippen LogP contribution in [-0.2, 0) is 38.1 Å². The minimum atomic E-state index is -0.341. The molecule has 1 saturated carbocycles. The van der Waals surface area contributed by atoms with Crippen LogP contribution in [0.25, 0.3) is 0 Å². The van der Waals surface area contributed by atoms with Gasteiger partial charge in [-0.25, -0.2) is 0 Å². The molecular formula is C30H54N2O9. The third-order valence-electron chi connectivity index (χ3n) is 7.44. The van der Waals surface area contributed by atoms with E-state index >= 15 is 0 Å². The quantitative estimate of drug-likeness (QED) is 0.102. The van der Waals surface area contributed by atoms with Gasteiger partial charge in [0.05, 0.1) is 33.0 Å². The van der Waals surface area contributed by atoms with Crippen LogP contribution < -0.4 is 0 Å². The van der Waals surface area contributed by atoms with Gasteiger partial charge in [0.2, 0.25) is 0 Å². The largest absolute Gasteiger partial charge is 0.465 e. The average molecular weight is 587 g/mol. The molecule has 11 heteroatoms. The van der Waals surface area contributed by atoms with Crippen LogP contribution in [0, 0.1) is 11.8 Å². The molecular weight excluding hydrogens is 532 g/mol. The molecule has 1 fully saturated rings. The SMILES string of the molecule is CC(=O)OCC(CCCCN(CCO)CCN(CCCCC(COC(C)=O)COC(C)=O)C1CCC1)COC(C)=O. The van der Waals surface area contributed by atoms with Gasteiger partial charge in [0.15, 0.2) is 0 Å². The Morgan fingerprint density at radius 1 is 0.634 bits per heavy atom. The van der Waals surface area contributed by atoms with E-state index in [-0.39, 0.29) is 68.7 Å². The maximum atomic E-state index is 11.2. The summed E-state index contributed by atoms with van der Waals surface area (Å²) in [6, 6.07) is 0.604. The molecule has 0 radical (unpaired) electrons. The van der Waals surface area contributed by atoms with Crippen molar-refractivity contribution in [1.29, 1.82) is 0 Å². The summed E-state index contributed by atoms with van der Waals surface area (Å²) in [4.78, 5) is 49.7. The van der Waals surface area contributed by atoms with Crippen molar-refractivity contribution in [1.82, 2.24) is 9.80 Å². The summed E-state index contributed by atoms with van der Waals surface area (Å²) in [5, 5.41) is 9.62. The van der Waals surface area contributed by atoms with Gasteiger partial charge < -0.3 is 24.1 Å². The molecule has 0 atom stereocenters. The Morgan fingerprint density at radius 2 is 1.07 bits per heavy atom. The normalized spacial score (nSPS) is 13.5. The Morgan fingerprint density at radius 3 is 1.44 bits per heavy atom. The van der Waals surface area contributed by atoms with E-state index in [1.165, 1.54) is 47.0 Å². The first kappa shape index (κ1) is 36.8. The van der Waals surface area contributed by atoms with Gasteiger partial charge in [-0.05, 0) is 51.6 Å². The van der Waals surface area contributed by atoms with Crippen LogP contribution >= 0.6 is 0 Å². The van der Waals surface area contributed by atoms with Crippen LogP contribution in [-0.4, -0.2) is 111 Å². The van der Waals surface area contributed by atoms with Crippen molar-refractivity contribution in [3.05, 3.63) is 0 Å². The third-order valence-corrected chi connectivity index (χ3v) is 7.44. The zero-order valence-electron chi connectivity index (χ0n) is 25.8. The molecule has 0 unspecified atom stereocenters. The highest BCUT2D eigenvalue weighted by atomic mass is 16.6. The van der Waals surface area contributed by atoms with E-state index in [2.05, 4.69) is 9.80 Å². The third kappa shape index (κ3) is 19.5. The molecule has 1 aliphatic carbocycles. The highest BCUT2D eigenvalue weighted by Crippen LogP contribution is 2.25. The summed E-state index contributed by atoms with van der Waals surface area (Å²) in [5.41, 5.74) is 0. The number of aliphatic hydroxyl groups is 1. The topological polar surface area (TPSA) is 132 Å². The van der Waals surface area contributed by atoms with Gasteiger partial charge in [0.25, 0.3) is 0 Å². The Balaban J connectivity index is 2.48. The highest BCUT2D eigenvalue weighted by Gasteiger charge is 2.25. The summed E-state index contributed by atoms with van der Waals surface area (Å²) < 4.78 is 20.6. The van der Waals surface area contributed by atoms with Crippen molar-refractivity contribution in [3.8, 4) is 0 Å². The maximum absolute atomic E-state index is 11.2. The minimum Gasteiger partial charge on any atom is -0.465 e. The maximum Gasteiger partial charge on any atom is 0.302 e. The van der Waals surface area contributed by atoms with E-state index in [1.54, 1.807) is 0 Å². The number of aliphatic hydroxyl groups excluding tert-OH is 1. The second kappa shape index (κ2) is 22.4. The van der Waals surface area contributed by atoms with E-state index in [1.807, 2.05) is 0 Å². The number of ether oxygens (including phenoxy) is 4. The van der Waals surface area contributed by atoms with Gasteiger partial charge in [-0.3, -0.25) is 29.0 Å². The van der Waals surface area contributed by atoms with Crippen LogP contribution in [0.4, 0.5) is 0 Å². The van der Waals surface area contributed by atoms with Gasteiger partial charge in [0, 0.05) is 65.2 Å². The summed E-state index contributed by atoms with van der Waals surface area (Å²) in [7, 11) is 0. The smallest absolute Gasteiger partial charge is 0.302 e. The Kier molecular flexibility index (Phi) is 20.1. The minimum absolute atomic E-state index is 0.00245. The lowest BCUT2D eigenvalue weighted by Gasteiger charge is -2.39. The van der Waals surface area contributed by atoms with Gasteiger partial charge >= 0.3 is 23.9 Å². The van der Waals surface area contributed by atoms with Crippen molar-refractivity contribution in [3.63, 3.8) is 0 Å². The van der Waals surface area contributed by atoms with Crippen LogP contribution in [0.2, 0.25) is 0 Å². The molecule has 0 bridgehead atoms. The standard InChI is InChI=1S/C30H54N2O9/c1-24(34)38-20-28(21-39-25(2)35)10-5-7-14-31(18-19-33)16-17-32(30-12-9-13-30)15-8-6-11-29(22-40-26(3)36)23-41-27(4)37/h28-30,33H,5-23H2,1-4H3. The molecule has 0 aromatic carbocycles. The van der Waals surface area contributed by atoms with E-state index in [0.717, 1.165) is 64.7 Å². The number of esters is 4. The van der Waals surface area contributed by atoms with E-state index in [4.69, 9.17) is 18.9 Å². The first-order chi connectivity index (χ1) is 19.6. The lowest BCUT2D eigenvalue weighted by Crippen LogP contribution is -2.45. The fraction of sp³-hybridized carbons (Fsp3) is 0.867. The van der Waals surface area contributed by atoms with Crippen molar-refractivity contribution in [2.45, 2.75) is 91.5 Å². The predicted octanol–water partition coefficient (Wildman–Crippen LogP) is 2.96. The molecule has 0 amide bonds. The monoisotopic (exact) mass is 586 g/mol. The number of carbonyl (C=O) groups excluding carboxylic acids is 4. The summed E-state index contributed by atoms with van der Waals surface area (Å²) in [5.74, 6) is -1.36. The first-order valence-corrected chi connectivity index (χ1v) is 15.2. The van der Waals surface area contributed by atoms with E-state index < -0.39 is 0 Å². The van der Waals surface area contributed by atoms with Crippen LogP contribution in [0.1, 0.15) is 85.5 Å². The average Bonchev–Trinajstić information content (AvgIpc) is 2.87. The molecule has 0 spiro atoms. The number of nitrogens with zero attached hydrogens (tertiary/aromatic N) is 2. The molecule has 0 aliphatic heterocycles. The fourth-order valence-corrected chi connectivity index (χ4v) is 4.86. The number of unbranched alkanes of at least 4 members (excludes halogenated alkanes) is 2. The Hall–Kier alpha value is -2.24. The number of carbonyl (C=O) groups is 4. The lowest BCUT2D eigenvalue weighted by atomic mass is 9.91. The molecule has 41 heavy (non-hydrogen) atoms. The Labute approximate surface area is 246 Å². The molecule has 1 aliphatic rings. The number of hydrogen-bond donors (Lipinski definition) is 1. The Bertz CT molecular complexity index is 724. The molecule has 0 aromatic heterocycles. The molecule has 238 valence electrons. The zero-order valence-corrected chi connectivity index (χ0v) is 25.8. The molecule has 0 aromatic rings. The van der Waals surface area contributed by atoms with Crippen molar-refractivity contribution in [2.24, 2.45) is 11.8 Å². The molecule has 11 nitrogen and oxygen atoms in total. The predicted molar refractivity (Wildman–Crippen MR) is 154 cm³/mol. The molecule has 1 rings (SSSR count). The van der Waals surface area contributed by atoms with Gasteiger partial charge in [-0.15, -0.1) is 0 Å².